The van der Waals surface area contributed by atoms with Crippen molar-refractivity contribution in [3.63, 3.8) is 0 Å². The van der Waals surface area contributed by atoms with Gasteiger partial charge in [-0.15, -0.1) is 0 Å². The maximum Gasteiger partial charge on any atom is 0.418 e. The van der Waals surface area contributed by atoms with Crippen LogP contribution >= 0.6 is 0 Å². The molecular formula is C17H15F3N2O2. The number of rotatable bonds is 5. The van der Waals surface area contributed by atoms with Gasteiger partial charge in [0.15, 0.2) is 5.78 Å². The number of anilines is 2. The van der Waals surface area contributed by atoms with Crippen LogP contribution in [0.2, 0.25) is 0 Å². The SMILES string of the molecule is CC(=O)c1ccc(NCC(=O)Nc2ccccc2C(F)(F)F)cc1. The Balaban J connectivity index is 1.98. The van der Waals surface area contributed by atoms with Gasteiger partial charge in [-0.25, -0.2) is 0 Å². The Morgan fingerprint density at radius 3 is 2.21 bits per heavy atom. The van der Waals surface area contributed by atoms with Crippen molar-refractivity contribution in [1.29, 1.82) is 0 Å². The number of amides is 1. The van der Waals surface area contributed by atoms with Crippen LogP contribution in [0.4, 0.5) is 24.5 Å². The van der Waals surface area contributed by atoms with Crippen molar-refractivity contribution in [2.45, 2.75) is 13.1 Å². The van der Waals surface area contributed by atoms with Crippen LogP contribution in [0.5, 0.6) is 0 Å². The first kappa shape index (κ1) is 17.5. The van der Waals surface area contributed by atoms with Crippen LogP contribution < -0.4 is 10.6 Å². The summed E-state index contributed by atoms with van der Waals surface area (Å²) in [6.07, 6.45) is -4.54. The first-order chi connectivity index (χ1) is 11.3. The van der Waals surface area contributed by atoms with Gasteiger partial charge in [-0.2, -0.15) is 13.2 Å². The Morgan fingerprint density at radius 2 is 1.62 bits per heavy atom. The van der Waals surface area contributed by atoms with Gasteiger partial charge in [0.25, 0.3) is 0 Å². The van der Waals surface area contributed by atoms with Crippen LogP contribution in [0.15, 0.2) is 48.5 Å². The van der Waals surface area contributed by atoms with Crippen molar-refractivity contribution < 1.29 is 22.8 Å². The molecule has 7 heteroatoms. The first-order valence-corrected chi connectivity index (χ1v) is 7.08. The maximum atomic E-state index is 12.9. The zero-order chi connectivity index (χ0) is 17.7. The molecule has 0 aliphatic rings. The van der Waals surface area contributed by atoms with Crippen molar-refractivity contribution in [2.24, 2.45) is 0 Å². The lowest BCUT2D eigenvalue weighted by atomic mass is 10.1. The quantitative estimate of drug-likeness (QED) is 0.813. The third-order valence-electron chi connectivity index (χ3n) is 3.25. The van der Waals surface area contributed by atoms with Crippen LogP contribution in [-0.2, 0) is 11.0 Å². The van der Waals surface area contributed by atoms with Gasteiger partial charge in [0, 0.05) is 11.3 Å². The van der Waals surface area contributed by atoms with E-state index in [1.807, 2.05) is 0 Å². The minimum absolute atomic E-state index is 0.0805. The van der Waals surface area contributed by atoms with Crippen LogP contribution in [0, 0.1) is 0 Å². The molecule has 0 atom stereocenters. The van der Waals surface area contributed by atoms with E-state index in [2.05, 4.69) is 10.6 Å². The standard InChI is InChI=1S/C17H15F3N2O2/c1-11(23)12-6-8-13(9-7-12)21-10-16(24)22-15-5-3-2-4-14(15)17(18,19)20/h2-9,21H,10H2,1H3,(H,22,24). The van der Waals surface area contributed by atoms with Crippen molar-refractivity contribution in [3.8, 4) is 0 Å². The molecule has 2 aromatic rings. The minimum Gasteiger partial charge on any atom is -0.376 e. The number of hydrogen-bond acceptors (Lipinski definition) is 3. The lowest BCUT2D eigenvalue weighted by molar-refractivity contribution is -0.137. The highest BCUT2D eigenvalue weighted by atomic mass is 19.4. The molecule has 0 aromatic heterocycles. The van der Waals surface area contributed by atoms with Crippen LogP contribution in [-0.4, -0.2) is 18.2 Å². The molecule has 0 saturated carbocycles. The topological polar surface area (TPSA) is 58.2 Å². The van der Waals surface area contributed by atoms with E-state index in [9.17, 15) is 22.8 Å². The summed E-state index contributed by atoms with van der Waals surface area (Å²) in [7, 11) is 0. The van der Waals surface area contributed by atoms with E-state index in [4.69, 9.17) is 0 Å². The lowest BCUT2D eigenvalue weighted by Gasteiger charge is -2.14. The Morgan fingerprint density at radius 1 is 1.00 bits per heavy atom. The molecule has 0 bridgehead atoms. The molecule has 2 aromatic carbocycles. The van der Waals surface area contributed by atoms with E-state index >= 15 is 0 Å². The molecule has 1 amide bonds. The number of carbonyl (C=O) groups is 2. The number of alkyl halides is 3. The molecule has 24 heavy (non-hydrogen) atoms. The summed E-state index contributed by atoms with van der Waals surface area (Å²) in [6, 6.07) is 11.2. The third-order valence-corrected chi connectivity index (χ3v) is 3.25. The summed E-state index contributed by atoms with van der Waals surface area (Å²) in [5, 5.41) is 5.03. The van der Waals surface area contributed by atoms with Gasteiger partial charge in [0.05, 0.1) is 17.8 Å². The Hall–Kier alpha value is -2.83. The zero-order valence-corrected chi connectivity index (χ0v) is 12.8. The molecule has 0 aliphatic carbocycles. The van der Waals surface area contributed by atoms with Crippen molar-refractivity contribution in [1.82, 2.24) is 0 Å². The summed E-state index contributed by atoms with van der Waals surface area (Å²) >= 11 is 0. The van der Waals surface area contributed by atoms with Crippen molar-refractivity contribution >= 4 is 23.1 Å². The molecular weight excluding hydrogens is 321 g/mol. The largest absolute Gasteiger partial charge is 0.418 e. The number of benzene rings is 2. The number of Topliss-reactive ketones (excluding diaryl/α,β-unsaturated/α-hetero) is 1. The number of halogens is 3. The zero-order valence-electron chi connectivity index (χ0n) is 12.8. The van der Waals surface area contributed by atoms with E-state index in [0.717, 1.165) is 6.07 Å². The van der Waals surface area contributed by atoms with Crippen LogP contribution in [0.1, 0.15) is 22.8 Å². The number of hydrogen-bond donors (Lipinski definition) is 2. The number of nitrogens with one attached hydrogen (secondary N) is 2. The van der Waals surface area contributed by atoms with Gasteiger partial charge in [-0.05, 0) is 43.3 Å². The summed E-state index contributed by atoms with van der Waals surface area (Å²) in [5.41, 5.74) is -0.0729. The number of ketones is 1. The summed E-state index contributed by atoms with van der Waals surface area (Å²) < 4.78 is 38.6. The van der Waals surface area contributed by atoms with Crippen molar-refractivity contribution in [3.05, 3.63) is 59.7 Å². The monoisotopic (exact) mass is 336 g/mol. The molecule has 0 spiro atoms. The fraction of sp³-hybridized carbons (Fsp3) is 0.176. The highest BCUT2D eigenvalue weighted by molar-refractivity contribution is 5.95. The van der Waals surface area contributed by atoms with Gasteiger partial charge >= 0.3 is 6.18 Å². The van der Waals surface area contributed by atoms with Crippen LogP contribution in [0.3, 0.4) is 0 Å². The van der Waals surface area contributed by atoms with E-state index < -0.39 is 17.6 Å². The van der Waals surface area contributed by atoms with E-state index in [0.29, 0.717) is 11.3 Å². The predicted molar refractivity (Wildman–Crippen MR) is 85.0 cm³/mol. The molecule has 4 nitrogen and oxygen atoms in total. The van der Waals surface area contributed by atoms with E-state index in [-0.39, 0.29) is 18.0 Å². The van der Waals surface area contributed by atoms with Gasteiger partial charge in [-0.1, -0.05) is 12.1 Å². The number of carbonyl (C=O) groups excluding carboxylic acids is 2. The molecule has 2 N–H and O–H groups in total. The fourth-order valence-corrected chi connectivity index (χ4v) is 2.04. The third kappa shape index (κ3) is 4.58. The van der Waals surface area contributed by atoms with Crippen LogP contribution in [0.25, 0.3) is 0 Å². The molecule has 2 rings (SSSR count). The van der Waals surface area contributed by atoms with Gasteiger partial charge < -0.3 is 10.6 Å². The second-order valence-electron chi connectivity index (χ2n) is 5.08. The van der Waals surface area contributed by atoms with Gasteiger partial charge in [0.1, 0.15) is 0 Å². The number of para-hydroxylation sites is 1. The van der Waals surface area contributed by atoms with Gasteiger partial charge in [-0.3, -0.25) is 9.59 Å². The fourth-order valence-electron chi connectivity index (χ4n) is 2.04. The summed E-state index contributed by atoms with van der Waals surface area (Å²) in [5.74, 6) is -0.689. The Kier molecular flexibility index (Phi) is 5.23. The molecule has 0 saturated heterocycles. The van der Waals surface area contributed by atoms with Gasteiger partial charge in [0.2, 0.25) is 5.91 Å². The molecule has 0 radical (unpaired) electrons. The Labute approximate surface area is 136 Å². The molecule has 0 aliphatic heterocycles. The average Bonchev–Trinajstić information content (AvgIpc) is 2.53. The second kappa shape index (κ2) is 7.16. The Bertz CT molecular complexity index is 740. The van der Waals surface area contributed by atoms with Crippen molar-refractivity contribution in [2.75, 3.05) is 17.2 Å². The predicted octanol–water partition coefficient (Wildman–Crippen LogP) is 3.96. The van der Waals surface area contributed by atoms with E-state index in [1.165, 1.54) is 25.1 Å². The highest BCUT2D eigenvalue weighted by Gasteiger charge is 2.33. The molecule has 0 heterocycles. The van der Waals surface area contributed by atoms with E-state index in [1.54, 1.807) is 24.3 Å². The normalized spacial score (nSPS) is 11.0. The molecule has 0 fully saturated rings. The molecule has 0 unspecified atom stereocenters. The average molecular weight is 336 g/mol. The smallest absolute Gasteiger partial charge is 0.376 e. The lowest BCUT2D eigenvalue weighted by Crippen LogP contribution is -2.23. The highest BCUT2D eigenvalue weighted by Crippen LogP contribution is 2.34. The summed E-state index contributed by atoms with van der Waals surface area (Å²) in [4.78, 5) is 23.0. The molecule has 126 valence electrons. The summed E-state index contributed by atoms with van der Waals surface area (Å²) in [6.45, 7) is 1.24. The first-order valence-electron chi connectivity index (χ1n) is 7.08. The minimum atomic E-state index is -4.54. The second-order valence-corrected chi connectivity index (χ2v) is 5.08. The maximum absolute atomic E-state index is 12.9.